The molecule has 2 aromatic heterocycles. The summed E-state index contributed by atoms with van der Waals surface area (Å²) in [6.07, 6.45) is 2.25. The Morgan fingerprint density at radius 1 is 1.11 bits per heavy atom. The number of hydrogen-bond acceptors (Lipinski definition) is 3. The van der Waals surface area contributed by atoms with Crippen LogP contribution in [-0.2, 0) is 6.42 Å². The van der Waals surface area contributed by atoms with Gasteiger partial charge in [0.1, 0.15) is 5.75 Å². The topological polar surface area (TPSA) is 50.4 Å². The van der Waals surface area contributed by atoms with Crippen LogP contribution in [0.4, 0.5) is 0 Å². The van der Waals surface area contributed by atoms with Crippen LogP contribution >= 0.6 is 0 Å². The Morgan fingerprint density at radius 3 is 2.67 bits per heavy atom. The number of rotatable bonds is 2. The monoisotopic (exact) mass is 239 g/mol. The average Bonchev–Trinajstić information content (AvgIpc) is 2.73. The third-order valence-corrected chi connectivity index (χ3v) is 2.84. The first-order valence-corrected chi connectivity index (χ1v) is 5.80. The van der Waals surface area contributed by atoms with E-state index >= 15 is 0 Å². The van der Waals surface area contributed by atoms with Crippen molar-refractivity contribution in [2.45, 2.75) is 13.3 Å². The van der Waals surface area contributed by atoms with Crippen molar-refractivity contribution in [3.05, 3.63) is 59.5 Å². The molecule has 0 aliphatic rings. The van der Waals surface area contributed by atoms with Gasteiger partial charge in [0.25, 0.3) is 0 Å². The zero-order chi connectivity index (χ0) is 12.5. The lowest BCUT2D eigenvalue weighted by Crippen LogP contribution is -1.92. The summed E-state index contributed by atoms with van der Waals surface area (Å²) in [4.78, 5) is 4.41. The number of nitrogens with zero attached hydrogens (tertiary/aromatic N) is 3. The summed E-state index contributed by atoms with van der Waals surface area (Å²) in [6.45, 7) is 2.07. The van der Waals surface area contributed by atoms with Gasteiger partial charge in [-0.3, -0.25) is 0 Å². The molecule has 0 amide bonds. The Kier molecular flexibility index (Phi) is 2.48. The Morgan fingerprint density at radius 2 is 1.89 bits per heavy atom. The molecule has 0 bridgehead atoms. The fraction of sp³-hybridized carbons (Fsp3) is 0.143. The highest BCUT2D eigenvalue weighted by molar-refractivity contribution is 5.40. The molecule has 18 heavy (non-hydrogen) atoms. The fourth-order valence-corrected chi connectivity index (χ4v) is 1.88. The van der Waals surface area contributed by atoms with Gasteiger partial charge in [-0.25, -0.2) is 9.50 Å². The number of benzene rings is 1. The van der Waals surface area contributed by atoms with Gasteiger partial charge in [0, 0.05) is 6.42 Å². The minimum atomic E-state index is 0.189. The maximum atomic E-state index is 9.37. The van der Waals surface area contributed by atoms with Crippen molar-refractivity contribution in [3.63, 3.8) is 0 Å². The Bertz CT molecular complexity index is 686. The van der Waals surface area contributed by atoms with Crippen LogP contribution in [0.1, 0.15) is 17.0 Å². The summed E-state index contributed by atoms with van der Waals surface area (Å²) in [5.74, 6) is 0.943. The molecule has 2 heterocycles. The molecular formula is C14H13N3O. The summed E-state index contributed by atoms with van der Waals surface area (Å²) in [5, 5.41) is 13.7. The number of hydrogen-bond donors (Lipinski definition) is 1. The molecule has 1 aromatic carbocycles. The van der Waals surface area contributed by atoms with Crippen molar-refractivity contribution < 1.29 is 5.11 Å². The smallest absolute Gasteiger partial charge is 0.156 e. The largest absolute Gasteiger partial charge is 0.506 e. The first kappa shape index (κ1) is 10.8. The molecule has 0 aliphatic carbocycles. The van der Waals surface area contributed by atoms with Gasteiger partial charge in [0.15, 0.2) is 11.5 Å². The number of aromatic nitrogens is 3. The normalized spacial score (nSPS) is 10.9. The standard InChI is InChI=1S/C14H13N3O/c1-10-2-4-11(5-3-10)8-13-15-14-7-6-12(18)9-17(14)16-13/h2-7,9,18H,8H2,1H3. The number of pyridine rings is 1. The molecule has 4 heteroatoms. The van der Waals surface area contributed by atoms with E-state index in [1.165, 1.54) is 11.1 Å². The molecule has 0 fully saturated rings. The van der Waals surface area contributed by atoms with Gasteiger partial charge in [-0.1, -0.05) is 29.8 Å². The molecule has 0 spiro atoms. The number of aromatic hydroxyl groups is 1. The van der Waals surface area contributed by atoms with Crippen LogP contribution in [0.15, 0.2) is 42.6 Å². The third-order valence-electron chi connectivity index (χ3n) is 2.84. The van der Waals surface area contributed by atoms with E-state index in [4.69, 9.17) is 0 Å². The maximum absolute atomic E-state index is 9.37. The highest BCUT2D eigenvalue weighted by Gasteiger charge is 2.05. The van der Waals surface area contributed by atoms with Gasteiger partial charge < -0.3 is 5.11 Å². The molecule has 0 unspecified atom stereocenters. The molecule has 3 rings (SSSR count). The van der Waals surface area contributed by atoms with E-state index in [0.29, 0.717) is 6.42 Å². The lowest BCUT2D eigenvalue weighted by molar-refractivity contribution is 0.470. The first-order valence-electron chi connectivity index (χ1n) is 5.80. The van der Waals surface area contributed by atoms with Gasteiger partial charge in [-0.15, -0.1) is 0 Å². The van der Waals surface area contributed by atoms with E-state index in [1.54, 1.807) is 22.8 Å². The zero-order valence-corrected chi connectivity index (χ0v) is 10.0. The molecule has 3 aromatic rings. The van der Waals surface area contributed by atoms with Gasteiger partial charge in [-0.2, -0.15) is 5.10 Å². The second-order valence-electron chi connectivity index (χ2n) is 4.38. The summed E-state index contributed by atoms with van der Waals surface area (Å²) >= 11 is 0. The van der Waals surface area contributed by atoms with E-state index < -0.39 is 0 Å². The van der Waals surface area contributed by atoms with Crippen molar-refractivity contribution in [2.75, 3.05) is 0 Å². The predicted molar refractivity (Wildman–Crippen MR) is 68.6 cm³/mol. The lowest BCUT2D eigenvalue weighted by atomic mass is 10.1. The van der Waals surface area contributed by atoms with Crippen LogP contribution in [0.3, 0.4) is 0 Å². The molecule has 0 radical (unpaired) electrons. The molecule has 90 valence electrons. The first-order chi connectivity index (χ1) is 8.70. The van der Waals surface area contributed by atoms with Crippen LogP contribution in [0.2, 0.25) is 0 Å². The van der Waals surface area contributed by atoms with Crippen molar-refractivity contribution in [1.29, 1.82) is 0 Å². The predicted octanol–water partition coefficient (Wildman–Crippen LogP) is 2.33. The number of fused-ring (bicyclic) bond motifs is 1. The second-order valence-corrected chi connectivity index (χ2v) is 4.38. The van der Waals surface area contributed by atoms with Crippen LogP contribution in [0.25, 0.3) is 5.65 Å². The number of aryl methyl sites for hydroxylation is 1. The zero-order valence-electron chi connectivity index (χ0n) is 10.0. The van der Waals surface area contributed by atoms with Gasteiger partial charge in [-0.05, 0) is 24.6 Å². The van der Waals surface area contributed by atoms with Crippen molar-refractivity contribution in [3.8, 4) is 5.75 Å². The summed E-state index contributed by atoms with van der Waals surface area (Å²) < 4.78 is 1.60. The van der Waals surface area contributed by atoms with Gasteiger partial charge in [0.2, 0.25) is 0 Å². The Hall–Kier alpha value is -2.36. The Labute approximate surface area is 105 Å². The fourth-order valence-electron chi connectivity index (χ4n) is 1.88. The summed E-state index contributed by atoms with van der Waals surface area (Å²) in [7, 11) is 0. The van der Waals surface area contributed by atoms with Crippen LogP contribution in [-0.4, -0.2) is 19.7 Å². The quantitative estimate of drug-likeness (QED) is 0.746. The third kappa shape index (κ3) is 2.05. The Balaban J connectivity index is 1.92. The average molecular weight is 239 g/mol. The molecule has 0 saturated heterocycles. The molecular weight excluding hydrogens is 226 g/mol. The van der Waals surface area contributed by atoms with Crippen molar-refractivity contribution in [2.24, 2.45) is 0 Å². The summed E-state index contributed by atoms with van der Waals surface area (Å²) in [6, 6.07) is 11.7. The summed E-state index contributed by atoms with van der Waals surface area (Å²) in [5.41, 5.74) is 3.17. The van der Waals surface area contributed by atoms with Crippen molar-refractivity contribution in [1.82, 2.24) is 14.6 Å². The highest BCUT2D eigenvalue weighted by atomic mass is 16.3. The van der Waals surface area contributed by atoms with Gasteiger partial charge in [0.05, 0.1) is 6.20 Å². The van der Waals surface area contributed by atoms with E-state index in [-0.39, 0.29) is 5.75 Å². The van der Waals surface area contributed by atoms with Crippen LogP contribution in [0.5, 0.6) is 5.75 Å². The SMILES string of the molecule is Cc1ccc(Cc2nc3ccc(O)cn3n2)cc1. The lowest BCUT2D eigenvalue weighted by Gasteiger charge is -1.97. The minimum absolute atomic E-state index is 0.189. The molecule has 0 atom stereocenters. The molecule has 4 nitrogen and oxygen atoms in total. The minimum Gasteiger partial charge on any atom is -0.506 e. The van der Waals surface area contributed by atoms with Crippen molar-refractivity contribution >= 4 is 5.65 Å². The van der Waals surface area contributed by atoms with Gasteiger partial charge >= 0.3 is 0 Å². The van der Waals surface area contributed by atoms with Crippen LogP contribution < -0.4 is 0 Å². The molecule has 0 saturated carbocycles. The van der Waals surface area contributed by atoms with E-state index in [0.717, 1.165) is 11.5 Å². The maximum Gasteiger partial charge on any atom is 0.156 e. The van der Waals surface area contributed by atoms with E-state index in [1.807, 2.05) is 0 Å². The second kappa shape index (κ2) is 4.14. The van der Waals surface area contributed by atoms with E-state index in [2.05, 4.69) is 41.3 Å². The molecule has 1 N–H and O–H groups in total. The molecule has 0 aliphatic heterocycles. The highest BCUT2D eigenvalue weighted by Crippen LogP contribution is 2.12. The van der Waals surface area contributed by atoms with Crippen LogP contribution in [0, 0.1) is 6.92 Å². The van der Waals surface area contributed by atoms with E-state index in [9.17, 15) is 5.11 Å².